The van der Waals surface area contributed by atoms with E-state index in [9.17, 15) is 0 Å². The molecular formula is C20H17S+. The van der Waals surface area contributed by atoms with Crippen molar-refractivity contribution in [2.45, 2.75) is 27.5 Å². The summed E-state index contributed by atoms with van der Waals surface area (Å²) in [4.78, 5) is 4.37. The van der Waals surface area contributed by atoms with Crippen LogP contribution in [0.4, 0.5) is 0 Å². The van der Waals surface area contributed by atoms with E-state index in [1.165, 1.54) is 25.8 Å². The van der Waals surface area contributed by atoms with Crippen molar-refractivity contribution in [1.82, 2.24) is 0 Å². The summed E-state index contributed by atoms with van der Waals surface area (Å²) in [6.45, 7) is 2.32. The Kier molecular flexibility index (Phi) is 3.08. The van der Waals surface area contributed by atoms with Crippen LogP contribution in [0, 0.1) is 0 Å². The first kappa shape index (κ1) is 12.7. The van der Waals surface area contributed by atoms with E-state index >= 15 is 0 Å². The molecule has 0 nitrogen and oxygen atoms in total. The van der Waals surface area contributed by atoms with Crippen molar-refractivity contribution in [3.63, 3.8) is 0 Å². The van der Waals surface area contributed by atoms with Crippen LogP contribution in [0.25, 0.3) is 0 Å². The van der Waals surface area contributed by atoms with Crippen LogP contribution in [0.3, 0.4) is 0 Å². The van der Waals surface area contributed by atoms with Crippen LogP contribution < -0.4 is 0 Å². The molecule has 0 aromatic heterocycles. The molecule has 1 heterocycles. The topological polar surface area (TPSA) is 0 Å². The van der Waals surface area contributed by atoms with E-state index in [1.54, 1.807) is 0 Å². The molecule has 0 bridgehead atoms. The van der Waals surface area contributed by atoms with E-state index in [0.29, 0.717) is 5.92 Å². The zero-order valence-corrected chi connectivity index (χ0v) is 12.8. The van der Waals surface area contributed by atoms with Gasteiger partial charge >= 0.3 is 0 Å². The molecule has 0 atom stereocenters. The number of hydrogen-bond donors (Lipinski definition) is 0. The van der Waals surface area contributed by atoms with Crippen LogP contribution in [0.5, 0.6) is 0 Å². The van der Waals surface area contributed by atoms with Crippen molar-refractivity contribution in [2.24, 2.45) is 0 Å². The lowest BCUT2D eigenvalue weighted by molar-refractivity contribution is 0.849. The van der Waals surface area contributed by atoms with Gasteiger partial charge in [0.1, 0.15) is 0 Å². The maximum atomic E-state index is 2.32. The van der Waals surface area contributed by atoms with Crippen LogP contribution in [0.1, 0.15) is 24.0 Å². The molecule has 3 aromatic carbocycles. The van der Waals surface area contributed by atoms with Gasteiger partial charge in [-0.15, -0.1) is 0 Å². The van der Waals surface area contributed by atoms with Gasteiger partial charge in [-0.05, 0) is 24.3 Å². The molecule has 0 spiro atoms. The Morgan fingerprint density at radius 3 is 1.67 bits per heavy atom. The highest BCUT2D eigenvalue weighted by molar-refractivity contribution is 7.97. The molecule has 0 aliphatic carbocycles. The van der Waals surface area contributed by atoms with Crippen molar-refractivity contribution in [1.29, 1.82) is 0 Å². The normalized spacial score (nSPS) is 19.7. The predicted molar refractivity (Wildman–Crippen MR) is 89.0 cm³/mol. The molecule has 0 saturated heterocycles. The molecule has 0 radical (unpaired) electrons. The Labute approximate surface area is 128 Å². The lowest BCUT2D eigenvalue weighted by atomic mass is 9.92. The van der Waals surface area contributed by atoms with E-state index in [4.69, 9.17) is 0 Å². The second kappa shape index (κ2) is 5.09. The summed E-state index contributed by atoms with van der Waals surface area (Å²) in [5.74, 6) is 0.477. The van der Waals surface area contributed by atoms with Gasteiger partial charge in [-0.25, -0.2) is 0 Å². The number of rotatable bonds is 1. The molecule has 102 valence electrons. The van der Waals surface area contributed by atoms with Crippen LogP contribution in [0.2, 0.25) is 0 Å². The van der Waals surface area contributed by atoms with E-state index in [1.807, 2.05) is 0 Å². The quantitative estimate of drug-likeness (QED) is 0.537. The first-order valence-corrected chi connectivity index (χ1v) is 8.56. The third kappa shape index (κ3) is 2.00. The Balaban J connectivity index is 2.01. The minimum atomic E-state index is 0.0214. The summed E-state index contributed by atoms with van der Waals surface area (Å²) >= 11 is 0. The van der Waals surface area contributed by atoms with Gasteiger partial charge in [0.25, 0.3) is 0 Å². The minimum absolute atomic E-state index is 0.0214. The summed E-state index contributed by atoms with van der Waals surface area (Å²) in [6, 6.07) is 28.7. The van der Waals surface area contributed by atoms with Gasteiger partial charge in [0.15, 0.2) is 14.7 Å². The molecule has 0 N–H and O–H groups in total. The van der Waals surface area contributed by atoms with E-state index in [2.05, 4.69) is 85.8 Å². The average Bonchev–Trinajstić information content (AvgIpc) is 2.56. The molecule has 1 aliphatic rings. The van der Waals surface area contributed by atoms with Gasteiger partial charge in [-0.2, -0.15) is 0 Å². The largest absolute Gasteiger partial charge is 0.170 e. The van der Waals surface area contributed by atoms with E-state index < -0.39 is 0 Å². The first-order valence-electron chi connectivity index (χ1n) is 7.33. The van der Waals surface area contributed by atoms with Crippen LogP contribution in [-0.4, -0.2) is 0 Å². The van der Waals surface area contributed by atoms with Crippen LogP contribution in [0.15, 0.2) is 93.5 Å². The Bertz CT molecular complexity index is 729. The fourth-order valence-electron chi connectivity index (χ4n) is 3.14. The van der Waals surface area contributed by atoms with Crippen molar-refractivity contribution >= 4 is 10.9 Å². The fraction of sp³-hybridized carbons (Fsp3) is 0.100. The number of fused-ring (bicyclic) bond motifs is 2. The molecule has 0 saturated carbocycles. The minimum Gasteiger partial charge on any atom is -0.0619 e. The van der Waals surface area contributed by atoms with Gasteiger partial charge in [-0.1, -0.05) is 61.5 Å². The number of hydrogen-bond acceptors (Lipinski definition) is 0. The lowest BCUT2D eigenvalue weighted by Gasteiger charge is -2.24. The highest BCUT2D eigenvalue weighted by Gasteiger charge is 2.39. The highest BCUT2D eigenvalue weighted by Crippen LogP contribution is 2.45. The van der Waals surface area contributed by atoms with Gasteiger partial charge in [0.05, 0.1) is 10.9 Å². The summed E-state index contributed by atoms with van der Waals surface area (Å²) in [5.41, 5.74) is 2.95. The second-order valence-corrected chi connectivity index (χ2v) is 7.38. The Morgan fingerprint density at radius 2 is 1.10 bits per heavy atom. The zero-order chi connectivity index (χ0) is 14.2. The van der Waals surface area contributed by atoms with Crippen molar-refractivity contribution < 1.29 is 0 Å². The van der Waals surface area contributed by atoms with Gasteiger partial charge < -0.3 is 0 Å². The molecule has 0 fully saturated rings. The summed E-state index contributed by atoms with van der Waals surface area (Å²) in [6.07, 6.45) is 0. The molecule has 0 unspecified atom stereocenters. The van der Waals surface area contributed by atoms with E-state index in [-0.39, 0.29) is 10.9 Å². The average molecular weight is 289 g/mol. The third-order valence-electron chi connectivity index (χ3n) is 4.19. The molecule has 1 aliphatic heterocycles. The molecule has 4 rings (SSSR count). The first-order chi connectivity index (χ1) is 10.4. The van der Waals surface area contributed by atoms with Crippen molar-refractivity contribution in [2.75, 3.05) is 0 Å². The monoisotopic (exact) mass is 289 g/mol. The van der Waals surface area contributed by atoms with E-state index in [0.717, 1.165) is 0 Å². The van der Waals surface area contributed by atoms with Crippen LogP contribution >= 0.6 is 0 Å². The number of benzene rings is 3. The van der Waals surface area contributed by atoms with Gasteiger partial charge in [0.2, 0.25) is 0 Å². The SMILES string of the molecule is CC1c2ccccc2[S+](c2ccccc2)c2ccccc21. The standard InChI is InChI=1S/C20H17S/c1-15-17-11-5-7-13-19(17)21(16-9-3-2-4-10-16)20-14-8-6-12-18(15)20/h2-15H,1H3/q+1. The van der Waals surface area contributed by atoms with Gasteiger partial charge in [0, 0.05) is 17.0 Å². The molecule has 3 aromatic rings. The third-order valence-corrected chi connectivity index (χ3v) is 6.56. The lowest BCUT2D eigenvalue weighted by Crippen LogP contribution is -2.18. The Morgan fingerprint density at radius 1 is 0.619 bits per heavy atom. The molecule has 1 heteroatoms. The van der Waals surface area contributed by atoms with Crippen LogP contribution in [-0.2, 0) is 10.9 Å². The maximum Gasteiger partial charge on any atom is 0.170 e. The summed E-state index contributed by atoms with van der Waals surface area (Å²) in [7, 11) is 0.0214. The molecule has 0 amide bonds. The smallest absolute Gasteiger partial charge is 0.0619 e. The summed E-state index contributed by atoms with van der Waals surface area (Å²) < 4.78 is 0. The zero-order valence-electron chi connectivity index (χ0n) is 12.0. The highest BCUT2D eigenvalue weighted by atomic mass is 32.2. The predicted octanol–water partition coefficient (Wildman–Crippen LogP) is 5.25. The second-order valence-electron chi connectivity index (χ2n) is 5.42. The van der Waals surface area contributed by atoms with Crippen molar-refractivity contribution in [3.05, 3.63) is 90.0 Å². The summed E-state index contributed by atoms with van der Waals surface area (Å²) in [5, 5.41) is 0. The fourth-order valence-corrected chi connectivity index (χ4v) is 5.71. The van der Waals surface area contributed by atoms with Gasteiger partial charge in [-0.3, -0.25) is 0 Å². The molecule has 21 heavy (non-hydrogen) atoms. The molecular weight excluding hydrogens is 272 g/mol. The van der Waals surface area contributed by atoms with Crippen molar-refractivity contribution in [3.8, 4) is 0 Å². The maximum absolute atomic E-state index is 2.32. The Hall–Kier alpha value is -1.99.